The maximum absolute atomic E-state index is 12.9. The number of benzene rings is 2. The molecular formula is C25H26N4O3. The van der Waals surface area contributed by atoms with Crippen LogP contribution in [0.3, 0.4) is 0 Å². The second-order valence-corrected chi connectivity index (χ2v) is 8.88. The molecule has 7 heteroatoms. The van der Waals surface area contributed by atoms with Crippen molar-refractivity contribution >= 4 is 5.91 Å². The van der Waals surface area contributed by atoms with E-state index in [2.05, 4.69) is 5.10 Å². The minimum absolute atomic E-state index is 0.0268. The molecule has 2 aliphatic heterocycles. The number of nitrogens with zero attached hydrogens (tertiary/aromatic N) is 4. The highest BCUT2D eigenvalue weighted by Crippen LogP contribution is 2.37. The minimum atomic E-state index is -0.593. The number of aromatic nitrogens is 3. The van der Waals surface area contributed by atoms with Gasteiger partial charge in [0.05, 0.1) is 13.0 Å². The van der Waals surface area contributed by atoms with Crippen LogP contribution in [0.2, 0.25) is 0 Å². The third kappa shape index (κ3) is 3.79. The van der Waals surface area contributed by atoms with Crippen LogP contribution in [0.4, 0.5) is 0 Å². The molecular weight excluding hydrogens is 404 g/mol. The van der Waals surface area contributed by atoms with Crippen molar-refractivity contribution in [2.75, 3.05) is 13.1 Å². The zero-order chi connectivity index (χ0) is 22.2. The Morgan fingerprint density at radius 3 is 2.47 bits per heavy atom. The highest BCUT2D eigenvalue weighted by atomic mass is 16.2. The van der Waals surface area contributed by atoms with Crippen LogP contribution >= 0.6 is 0 Å². The van der Waals surface area contributed by atoms with Crippen molar-refractivity contribution in [3.63, 3.8) is 0 Å². The number of hydrogen-bond donors (Lipinski definition) is 0. The lowest BCUT2D eigenvalue weighted by Gasteiger charge is -2.34. The summed E-state index contributed by atoms with van der Waals surface area (Å²) in [4.78, 5) is 40.3. The number of likely N-dealkylation sites (tertiary alicyclic amines) is 1. The molecule has 0 bridgehead atoms. The maximum Gasteiger partial charge on any atom is 0.332 e. The lowest BCUT2D eigenvalue weighted by Crippen LogP contribution is -2.44. The standard InChI is InChI=1S/C25H26N4O3/c1-17-7-9-19(10-8-17)14-29-25(32)24(31)28-15-20-11-12-27(16-21(20)23(28)26-29)22(30)13-18-5-3-2-4-6-18/h2-10,20-21H,11-16H2,1H3/t20-,21+/m1/s1. The van der Waals surface area contributed by atoms with Gasteiger partial charge in [0.25, 0.3) is 0 Å². The third-order valence-electron chi connectivity index (χ3n) is 6.67. The zero-order valence-electron chi connectivity index (χ0n) is 18.1. The first-order valence-corrected chi connectivity index (χ1v) is 11.1. The monoisotopic (exact) mass is 430 g/mol. The first kappa shape index (κ1) is 20.4. The van der Waals surface area contributed by atoms with Gasteiger partial charge in [-0.2, -0.15) is 5.10 Å². The molecule has 1 fully saturated rings. The van der Waals surface area contributed by atoms with E-state index >= 15 is 0 Å². The highest BCUT2D eigenvalue weighted by molar-refractivity contribution is 5.79. The Bertz CT molecular complexity index is 1260. The summed E-state index contributed by atoms with van der Waals surface area (Å²) in [5, 5.41) is 4.62. The molecule has 1 amide bonds. The van der Waals surface area contributed by atoms with Gasteiger partial charge >= 0.3 is 11.1 Å². The molecule has 1 aromatic heterocycles. The number of piperidine rings is 1. The van der Waals surface area contributed by atoms with E-state index in [-0.39, 0.29) is 24.3 Å². The zero-order valence-corrected chi connectivity index (χ0v) is 18.1. The molecule has 3 aromatic rings. The molecule has 7 nitrogen and oxygen atoms in total. The average molecular weight is 431 g/mol. The Kier molecular flexibility index (Phi) is 5.25. The van der Waals surface area contributed by atoms with Crippen molar-refractivity contribution < 1.29 is 4.79 Å². The van der Waals surface area contributed by atoms with Crippen molar-refractivity contribution in [1.82, 2.24) is 19.2 Å². The molecule has 0 saturated carbocycles. The number of hydrogen-bond acceptors (Lipinski definition) is 4. The Morgan fingerprint density at radius 2 is 1.72 bits per heavy atom. The quantitative estimate of drug-likeness (QED) is 0.593. The van der Waals surface area contributed by atoms with E-state index in [9.17, 15) is 14.4 Å². The molecule has 1 saturated heterocycles. The molecule has 2 aromatic carbocycles. The first-order valence-electron chi connectivity index (χ1n) is 11.1. The van der Waals surface area contributed by atoms with Gasteiger partial charge in [-0.3, -0.25) is 19.0 Å². The Balaban J connectivity index is 1.40. The molecule has 0 radical (unpaired) electrons. The van der Waals surface area contributed by atoms with Crippen LogP contribution in [0.15, 0.2) is 64.2 Å². The van der Waals surface area contributed by atoms with Crippen molar-refractivity contribution in [1.29, 1.82) is 0 Å². The van der Waals surface area contributed by atoms with Crippen LogP contribution in [0.25, 0.3) is 0 Å². The second kappa shape index (κ2) is 8.22. The molecule has 0 unspecified atom stereocenters. The summed E-state index contributed by atoms with van der Waals surface area (Å²) in [5.41, 5.74) is 1.94. The van der Waals surface area contributed by atoms with Crippen molar-refractivity contribution in [2.24, 2.45) is 5.92 Å². The van der Waals surface area contributed by atoms with Crippen LogP contribution in [0.1, 0.15) is 34.9 Å². The maximum atomic E-state index is 12.9. The summed E-state index contributed by atoms with van der Waals surface area (Å²) in [7, 11) is 0. The number of fused-ring (bicyclic) bond motifs is 3. The van der Waals surface area contributed by atoms with Crippen LogP contribution in [0, 0.1) is 12.8 Å². The summed E-state index contributed by atoms with van der Waals surface area (Å²) >= 11 is 0. The number of aryl methyl sites for hydroxylation is 1. The molecule has 5 rings (SSSR count). The predicted octanol–water partition coefficient (Wildman–Crippen LogP) is 1.95. The van der Waals surface area contributed by atoms with Crippen LogP contribution in [-0.4, -0.2) is 38.2 Å². The fourth-order valence-electron chi connectivity index (χ4n) is 4.83. The van der Waals surface area contributed by atoms with E-state index in [4.69, 9.17) is 0 Å². The summed E-state index contributed by atoms with van der Waals surface area (Å²) in [6.45, 7) is 3.97. The number of carbonyl (C=O) groups is 1. The van der Waals surface area contributed by atoms with Crippen LogP contribution < -0.4 is 11.1 Å². The molecule has 0 spiro atoms. The van der Waals surface area contributed by atoms with E-state index in [0.29, 0.717) is 31.9 Å². The van der Waals surface area contributed by atoms with E-state index in [1.165, 1.54) is 9.25 Å². The largest absolute Gasteiger partial charge is 0.342 e. The average Bonchev–Trinajstić information content (AvgIpc) is 3.17. The number of amides is 1. The van der Waals surface area contributed by atoms with Gasteiger partial charge in [0, 0.05) is 25.6 Å². The van der Waals surface area contributed by atoms with Crippen LogP contribution in [0.5, 0.6) is 0 Å². The van der Waals surface area contributed by atoms with Gasteiger partial charge in [-0.05, 0) is 30.4 Å². The SMILES string of the molecule is Cc1ccc(Cn2nc3n(c(=O)c2=O)C[C@H]2CCN(C(=O)Cc4ccccc4)C[C@H]32)cc1. The predicted molar refractivity (Wildman–Crippen MR) is 121 cm³/mol. The van der Waals surface area contributed by atoms with E-state index < -0.39 is 11.1 Å². The fourth-order valence-corrected chi connectivity index (χ4v) is 4.83. The summed E-state index contributed by atoms with van der Waals surface area (Å²) in [5.74, 6) is 0.916. The molecule has 2 atom stereocenters. The molecule has 0 N–H and O–H groups in total. The highest BCUT2D eigenvalue weighted by Gasteiger charge is 2.41. The van der Waals surface area contributed by atoms with Crippen molar-refractivity contribution in [3.05, 3.63) is 97.8 Å². The topological polar surface area (TPSA) is 77.2 Å². The van der Waals surface area contributed by atoms with Gasteiger partial charge in [-0.1, -0.05) is 60.2 Å². The first-order chi connectivity index (χ1) is 15.5. The molecule has 0 aliphatic carbocycles. The Labute approximate surface area is 185 Å². The third-order valence-corrected chi connectivity index (χ3v) is 6.67. The van der Waals surface area contributed by atoms with Gasteiger partial charge in [0.2, 0.25) is 5.91 Å². The molecule has 32 heavy (non-hydrogen) atoms. The molecule has 3 heterocycles. The number of rotatable bonds is 4. The lowest BCUT2D eigenvalue weighted by atomic mass is 9.87. The summed E-state index contributed by atoms with van der Waals surface area (Å²) < 4.78 is 2.82. The lowest BCUT2D eigenvalue weighted by molar-refractivity contribution is -0.132. The van der Waals surface area contributed by atoms with Crippen LogP contribution in [-0.2, 0) is 24.3 Å². The fraction of sp³-hybridized carbons (Fsp3) is 0.360. The molecule has 164 valence electrons. The van der Waals surface area contributed by atoms with Gasteiger partial charge in [-0.25, -0.2) is 4.68 Å². The minimum Gasteiger partial charge on any atom is -0.342 e. The Hall–Kier alpha value is -3.48. The van der Waals surface area contributed by atoms with E-state index in [1.54, 1.807) is 0 Å². The van der Waals surface area contributed by atoms with E-state index in [0.717, 1.165) is 23.1 Å². The van der Waals surface area contributed by atoms with Gasteiger partial charge in [0.15, 0.2) is 0 Å². The summed E-state index contributed by atoms with van der Waals surface area (Å²) in [6, 6.07) is 17.6. The van der Waals surface area contributed by atoms with Crippen molar-refractivity contribution in [3.8, 4) is 0 Å². The van der Waals surface area contributed by atoms with Gasteiger partial charge in [-0.15, -0.1) is 0 Å². The normalized spacial score (nSPS) is 19.5. The number of carbonyl (C=O) groups excluding carboxylic acids is 1. The second-order valence-electron chi connectivity index (χ2n) is 8.88. The Morgan fingerprint density at radius 1 is 0.969 bits per heavy atom. The smallest absolute Gasteiger partial charge is 0.332 e. The summed E-state index contributed by atoms with van der Waals surface area (Å²) in [6.07, 6.45) is 1.17. The van der Waals surface area contributed by atoms with Gasteiger partial charge < -0.3 is 4.90 Å². The van der Waals surface area contributed by atoms with Gasteiger partial charge in [0.1, 0.15) is 5.82 Å². The van der Waals surface area contributed by atoms with E-state index in [1.807, 2.05) is 66.4 Å². The van der Waals surface area contributed by atoms with Crippen molar-refractivity contribution in [2.45, 2.75) is 38.8 Å². The molecule has 2 aliphatic rings.